The number of ether oxygens (including phenoxy) is 2. The lowest BCUT2D eigenvalue weighted by Crippen LogP contribution is -2.37. The number of amides is 1. The molecule has 0 bridgehead atoms. The number of halogens is 1. The van der Waals surface area contributed by atoms with Gasteiger partial charge in [0.1, 0.15) is 13.2 Å². The van der Waals surface area contributed by atoms with E-state index in [1.165, 1.54) is 0 Å². The summed E-state index contributed by atoms with van der Waals surface area (Å²) in [5.74, 6) is 1.48. The van der Waals surface area contributed by atoms with Crippen LogP contribution in [-0.4, -0.2) is 38.8 Å². The number of rotatable bonds is 5. The van der Waals surface area contributed by atoms with Crippen LogP contribution in [-0.2, 0) is 11.2 Å². The highest BCUT2D eigenvalue weighted by Gasteiger charge is 2.13. The third-order valence-corrected chi connectivity index (χ3v) is 3.07. The van der Waals surface area contributed by atoms with Crippen molar-refractivity contribution in [2.75, 3.05) is 26.8 Å². The summed E-state index contributed by atoms with van der Waals surface area (Å²) in [6.45, 7) is 3.78. The maximum Gasteiger partial charge on any atom is 0.224 e. The van der Waals surface area contributed by atoms with Gasteiger partial charge in [-0.2, -0.15) is 0 Å². The molecule has 0 saturated carbocycles. The van der Waals surface area contributed by atoms with Crippen LogP contribution in [0.3, 0.4) is 0 Å². The Hall–Kier alpha value is -1.46. The van der Waals surface area contributed by atoms with Gasteiger partial charge in [-0.3, -0.25) is 4.79 Å². The predicted octanol–water partition coefficient (Wildman–Crippen LogP) is 1.15. The maximum absolute atomic E-state index is 11.8. The standard InChI is InChI=1S/C14H20N2O3.ClH/c1-10(15-2)9-16-14(17)8-11-3-4-12-13(7-11)19-6-5-18-12;/h3-4,7,10,15H,5-6,8-9H2,1-2H3,(H,16,17);1H. The van der Waals surface area contributed by atoms with Crippen LogP contribution in [0.25, 0.3) is 0 Å². The largest absolute Gasteiger partial charge is 0.486 e. The molecule has 1 unspecified atom stereocenters. The Morgan fingerprint density at radius 3 is 2.70 bits per heavy atom. The summed E-state index contributed by atoms with van der Waals surface area (Å²) in [6, 6.07) is 5.89. The van der Waals surface area contributed by atoms with Crippen LogP contribution >= 0.6 is 12.4 Å². The molecule has 1 aromatic rings. The second kappa shape index (κ2) is 7.97. The van der Waals surface area contributed by atoms with Gasteiger partial charge in [0, 0.05) is 12.6 Å². The fourth-order valence-electron chi connectivity index (χ4n) is 1.81. The van der Waals surface area contributed by atoms with Crippen molar-refractivity contribution in [3.63, 3.8) is 0 Å². The Morgan fingerprint density at radius 1 is 1.30 bits per heavy atom. The molecule has 0 spiro atoms. The van der Waals surface area contributed by atoms with Crippen LogP contribution in [0, 0.1) is 0 Å². The van der Waals surface area contributed by atoms with Crippen LogP contribution < -0.4 is 20.1 Å². The molecule has 1 aliphatic rings. The molecule has 1 aliphatic heterocycles. The Balaban J connectivity index is 0.00000200. The third kappa shape index (κ3) is 4.58. The van der Waals surface area contributed by atoms with Crippen LogP contribution in [0.15, 0.2) is 18.2 Å². The minimum absolute atomic E-state index is 0. The highest BCUT2D eigenvalue weighted by atomic mass is 35.5. The maximum atomic E-state index is 11.8. The van der Waals surface area contributed by atoms with Gasteiger partial charge >= 0.3 is 0 Å². The lowest BCUT2D eigenvalue weighted by atomic mass is 10.1. The summed E-state index contributed by atoms with van der Waals surface area (Å²) in [5, 5.41) is 5.96. The number of hydrogen-bond donors (Lipinski definition) is 2. The Kier molecular flexibility index (Phi) is 6.61. The molecule has 6 heteroatoms. The van der Waals surface area contributed by atoms with Gasteiger partial charge in [-0.25, -0.2) is 0 Å². The molecule has 1 aromatic carbocycles. The second-order valence-electron chi connectivity index (χ2n) is 4.65. The summed E-state index contributed by atoms with van der Waals surface area (Å²) < 4.78 is 10.9. The van der Waals surface area contributed by atoms with Gasteiger partial charge in [0.15, 0.2) is 11.5 Å². The van der Waals surface area contributed by atoms with Crippen molar-refractivity contribution in [3.05, 3.63) is 23.8 Å². The first-order chi connectivity index (χ1) is 9.19. The number of likely N-dealkylation sites (N-methyl/N-ethyl adjacent to an activating group) is 1. The Morgan fingerprint density at radius 2 is 2.00 bits per heavy atom. The first kappa shape index (κ1) is 16.6. The summed E-state index contributed by atoms with van der Waals surface area (Å²) >= 11 is 0. The first-order valence-electron chi connectivity index (χ1n) is 6.51. The number of carbonyl (C=O) groups is 1. The van der Waals surface area contributed by atoms with E-state index in [2.05, 4.69) is 10.6 Å². The molecular weight excluding hydrogens is 280 g/mol. The molecule has 1 amide bonds. The van der Waals surface area contributed by atoms with Gasteiger partial charge in [0.2, 0.25) is 5.91 Å². The summed E-state index contributed by atoms with van der Waals surface area (Å²) in [4.78, 5) is 11.8. The quantitative estimate of drug-likeness (QED) is 0.856. The van der Waals surface area contributed by atoms with E-state index in [1.807, 2.05) is 32.2 Å². The third-order valence-electron chi connectivity index (χ3n) is 3.07. The van der Waals surface area contributed by atoms with Gasteiger partial charge in [-0.1, -0.05) is 6.07 Å². The van der Waals surface area contributed by atoms with Crippen LogP contribution in [0.1, 0.15) is 12.5 Å². The van der Waals surface area contributed by atoms with Crippen molar-refractivity contribution in [1.82, 2.24) is 10.6 Å². The van der Waals surface area contributed by atoms with E-state index in [0.29, 0.717) is 26.2 Å². The molecule has 2 N–H and O–H groups in total. The minimum atomic E-state index is 0. The molecule has 0 aromatic heterocycles. The Labute approximate surface area is 125 Å². The van der Waals surface area contributed by atoms with Crippen molar-refractivity contribution < 1.29 is 14.3 Å². The number of hydrogen-bond acceptors (Lipinski definition) is 4. The smallest absolute Gasteiger partial charge is 0.224 e. The number of nitrogens with one attached hydrogen (secondary N) is 2. The van der Waals surface area contributed by atoms with Gasteiger partial charge < -0.3 is 20.1 Å². The normalized spacial score (nSPS) is 14.1. The zero-order valence-corrected chi connectivity index (χ0v) is 12.6. The highest BCUT2D eigenvalue weighted by Crippen LogP contribution is 2.30. The monoisotopic (exact) mass is 300 g/mol. The molecule has 0 fully saturated rings. The van der Waals surface area contributed by atoms with Crippen molar-refractivity contribution >= 4 is 18.3 Å². The molecule has 0 radical (unpaired) electrons. The van der Waals surface area contributed by atoms with E-state index >= 15 is 0 Å². The average Bonchev–Trinajstić information content (AvgIpc) is 2.44. The fraction of sp³-hybridized carbons (Fsp3) is 0.500. The molecule has 1 heterocycles. The van der Waals surface area contributed by atoms with Crippen molar-refractivity contribution in [2.45, 2.75) is 19.4 Å². The van der Waals surface area contributed by atoms with Crippen LogP contribution in [0.5, 0.6) is 11.5 Å². The summed E-state index contributed by atoms with van der Waals surface area (Å²) in [5.41, 5.74) is 0.930. The fourth-order valence-corrected chi connectivity index (χ4v) is 1.81. The molecule has 112 valence electrons. The predicted molar refractivity (Wildman–Crippen MR) is 79.9 cm³/mol. The van der Waals surface area contributed by atoms with Gasteiger partial charge in [0.05, 0.1) is 6.42 Å². The average molecular weight is 301 g/mol. The van der Waals surface area contributed by atoms with Gasteiger partial charge in [-0.05, 0) is 31.7 Å². The number of benzene rings is 1. The zero-order chi connectivity index (χ0) is 13.7. The molecule has 0 saturated heterocycles. The van der Waals surface area contributed by atoms with E-state index < -0.39 is 0 Å². The van der Waals surface area contributed by atoms with E-state index in [-0.39, 0.29) is 24.4 Å². The lowest BCUT2D eigenvalue weighted by molar-refractivity contribution is -0.120. The summed E-state index contributed by atoms with van der Waals surface area (Å²) in [7, 11) is 1.87. The van der Waals surface area contributed by atoms with Gasteiger partial charge in [0.25, 0.3) is 0 Å². The van der Waals surface area contributed by atoms with E-state index in [4.69, 9.17) is 9.47 Å². The molecule has 0 aliphatic carbocycles. The second-order valence-corrected chi connectivity index (χ2v) is 4.65. The number of carbonyl (C=O) groups excluding carboxylic acids is 1. The molecular formula is C14H21ClN2O3. The molecule has 2 rings (SSSR count). The SMILES string of the molecule is CNC(C)CNC(=O)Cc1ccc2c(c1)OCCO2.Cl. The van der Waals surface area contributed by atoms with Crippen LogP contribution in [0.4, 0.5) is 0 Å². The van der Waals surface area contributed by atoms with Crippen molar-refractivity contribution in [3.8, 4) is 11.5 Å². The van der Waals surface area contributed by atoms with Crippen molar-refractivity contribution in [2.24, 2.45) is 0 Å². The Bertz CT molecular complexity index is 454. The zero-order valence-electron chi connectivity index (χ0n) is 11.8. The summed E-state index contributed by atoms with van der Waals surface area (Å²) in [6.07, 6.45) is 0.354. The lowest BCUT2D eigenvalue weighted by Gasteiger charge is -2.19. The van der Waals surface area contributed by atoms with E-state index in [0.717, 1.165) is 17.1 Å². The molecule has 1 atom stereocenters. The molecule has 5 nitrogen and oxygen atoms in total. The van der Waals surface area contributed by atoms with Crippen LogP contribution in [0.2, 0.25) is 0 Å². The van der Waals surface area contributed by atoms with E-state index in [9.17, 15) is 4.79 Å². The number of fused-ring (bicyclic) bond motifs is 1. The highest BCUT2D eigenvalue weighted by molar-refractivity contribution is 5.85. The van der Waals surface area contributed by atoms with Crippen molar-refractivity contribution in [1.29, 1.82) is 0 Å². The minimum Gasteiger partial charge on any atom is -0.486 e. The van der Waals surface area contributed by atoms with E-state index in [1.54, 1.807) is 0 Å². The first-order valence-corrected chi connectivity index (χ1v) is 6.51. The molecule has 20 heavy (non-hydrogen) atoms. The topological polar surface area (TPSA) is 59.6 Å². The van der Waals surface area contributed by atoms with Gasteiger partial charge in [-0.15, -0.1) is 12.4 Å².